The topological polar surface area (TPSA) is 68.2 Å². The summed E-state index contributed by atoms with van der Waals surface area (Å²) in [5.41, 5.74) is 0.613. The van der Waals surface area contributed by atoms with Crippen molar-refractivity contribution in [1.29, 1.82) is 0 Å². The number of anilines is 1. The van der Waals surface area contributed by atoms with E-state index in [0.29, 0.717) is 5.69 Å². The van der Waals surface area contributed by atoms with Gasteiger partial charge in [0.05, 0.1) is 18.4 Å². The zero-order valence-electron chi connectivity index (χ0n) is 12.5. The Morgan fingerprint density at radius 1 is 1.45 bits per heavy atom. The van der Waals surface area contributed by atoms with Gasteiger partial charge in [0.15, 0.2) is 11.6 Å². The molecular formula is C15H19FN4O2. The van der Waals surface area contributed by atoms with Crippen LogP contribution in [0.2, 0.25) is 0 Å². The first-order valence-electron chi connectivity index (χ1n) is 7.07. The molecule has 0 aliphatic heterocycles. The Morgan fingerprint density at radius 2 is 2.23 bits per heavy atom. The number of rotatable bonds is 6. The third-order valence-corrected chi connectivity index (χ3v) is 2.93. The number of nitrogens with zero attached hydrogens (tertiary/aromatic N) is 2. The average molecular weight is 306 g/mol. The number of aryl methyl sites for hydroxylation is 1. The van der Waals surface area contributed by atoms with Gasteiger partial charge in [0.25, 0.3) is 0 Å². The lowest BCUT2D eigenvalue weighted by atomic mass is 10.3. The van der Waals surface area contributed by atoms with Crippen LogP contribution in [0.25, 0.3) is 0 Å². The van der Waals surface area contributed by atoms with Crippen molar-refractivity contribution in [1.82, 2.24) is 15.1 Å². The van der Waals surface area contributed by atoms with Gasteiger partial charge in [0.2, 0.25) is 0 Å². The SMILES string of the molecule is CCn1cc(NC(=O)NC[C@@H](C)Oc2ccccc2F)cn1. The van der Waals surface area contributed by atoms with Crippen LogP contribution in [0.3, 0.4) is 0 Å². The standard InChI is InChI=1S/C15H19FN4O2/c1-3-20-10-12(9-18-20)19-15(21)17-8-11(2)22-14-7-5-4-6-13(14)16/h4-7,9-11H,3,8H2,1-2H3,(H2,17,19,21)/t11-/m1/s1. The summed E-state index contributed by atoms with van der Waals surface area (Å²) in [6.07, 6.45) is 2.95. The molecule has 0 radical (unpaired) electrons. The van der Waals surface area contributed by atoms with E-state index in [1.54, 1.807) is 42.2 Å². The highest BCUT2D eigenvalue weighted by molar-refractivity contribution is 5.88. The van der Waals surface area contributed by atoms with E-state index in [1.807, 2.05) is 6.92 Å². The largest absolute Gasteiger partial charge is 0.486 e. The monoisotopic (exact) mass is 306 g/mol. The van der Waals surface area contributed by atoms with Gasteiger partial charge in [-0.2, -0.15) is 5.10 Å². The second-order valence-corrected chi connectivity index (χ2v) is 4.78. The van der Waals surface area contributed by atoms with Gasteiger partial charge in [0, 0.05) is 12.7 Å². The smallest absolute Gasteiger partial charge is 0.319 e. The molecule has 0 saturated heterocycles. The van der Waals surface area contributed by atoms with Gasteiger partial charge in [-0.1, -0.05) is 12.1 Å². The highest BCUT2D eigenvalue weighted by Crippen LogP contribution is 2.16. The zero-order chi connectivity index (χ0) is 15.9. The van der Waals surface area contributed by atoms with E-state index in [4.69, 9.17) is 4.74 Å². The van der Waals surface area contributed by atoms with Crippen molar-refractivity contribution in [2.24, 2.45) is 0 Å². The number of aromatic nitrogens is 2. The first-order chi connectivity index (χ1) is 10.6. The van der Waals surface area contributed by atoms with Crippen LogP contribution < -0.4 is 15.4 Å². The van der Waals surface area contributed by atoms with Crippen LogP contribution in [0.1, 0.15) is 13.8 Å². The Labute approximate surface area is 128 Å². The minimum Gasteiger partial charge on any atom is -0.486 e. The minimum atomic E-state index is -0.425. The van der Waals surface area contributed by atoms with Crippen LogP contribution in [0.4, 0.5) is 14.9 Å². The lowest BCUT2D eigenvalue weighted by molar-refractivity contribution is 0.205. The number of para-hydroxylation sites is 1. The summed E-state index contributed by atoms with van der Waals surface area (Å²) in [6.45, 7) is 4.69. The number of carbonyl (C=O) groups is 1. The maximum absolute atomic E-state index is 13.4. The van der Waals surface area contributed by atoms with Crippen molar-refractivity contribution in [2.45, 2.75) is 26.5 Å². The van der Waals surface area contributed by atoms with Crippen molar-refractivity contribution >= 4 is 11.7 Å². The van der Waals surface area contributed by atoms with Gasteiger partial charge < -0.3 is 15.4 Å². The lowest BCUT2D eigenvalue weighted by Gasteiger charge is -2.15. The van der Waals surface area contributed by atoms with E-state index in [-0.39, 0.29) is 24.4 Å². The molecule has 1 atom stereocenters. The average Bonchev–Trinajstić information content (AvgIpc) is 2.95. The predicted molar refractivity (Wildman–Crippen MR) is 81.4 cm³/mol. The van der Waals surface area contributed by atoms with Crippen LogP contribution in [-0.2, 0) is 6.54 Å². The number of hydrogen-bond donors (Lipinski definition) is 2. The number of benzene rings is 1. The summed E-state index contributed by atoms with van der Waals surface area (Å²) in [7, 11) is 0. The molecule has 0 aliphatic carbocycles. The molecule has 0 fully saturated rings. The Bertz CT molecular complexity index is 630. The van der Waals surface area contributed by atoms with Crippen molar-refractivity contribution in [3.63, 3.8) is 0 Å². The van der Waals surface area contributed by atoms with Crippen LogP contribution in [-0.4, -0.2) is 28.5 Å². The fourth-order valence-corrected chi connectivity index (χ4v) is 1.81. The molecule has 118 valence electrons. The molecule has 0 bridgehead atoms. The number of nitrogens with one attached hydrogen (secondary N) is 2. The van der Waals surface area contributed by atoms with Crippen molar-refractivity contribution in [3.8, 4) is 5.75 Å². The number of carbonyl (C=O) groups excluding carboxylic acids is 1. The predicted octanol–water partition coefficient (Wildman–Crippen LogP) is 2.63. The Balaban J connectivity index is 1.77. The van der Waals surface area contributed by atoms with Gasteiger partial charge in [-0.3, -0.25) is 4.68 Å². The summed E-state index contributed by atoms with van der Waals surface area (Å²) in [6, 6.07) is 5.80. The minimum absolute atomic E-state index is 0.168. The molecule has 2 aromatic rings. The first kappa shape index (κ1) is 15.8. The van der Waals surface area contributed by atoms with Gasteiger partial charge in [-0.25, -0.2) is 9.18 Å². The quantitative estimate of drug-likeness (QED) is 0.862. The molecule has 2 amide bonds. The Morgan fingerprint density at radius 3 is 2.91 bits per heavy atom. The Kier molecular flexibility index (Phi) is 5.35. The maximum atomic E-state index is 13.4. The van der Waals surface area contributed by atoms with Crippen molar-refractivity contribution < 1.29 is 13.9 Å². The molecule has 22 heavy (non-hydrogen) atoms. The molecule has 0 spiro atoms. The number of amides is 2. The van der Waals surface area contributed by atoms with Crippen LogP contribution in [0.5, 0.6) is 5.75 Å². The van der Waals surface area contributed by atoms with Crippen LogP contribution in [0, 0.1) is 5.82 Å². The summed E-state index contributed by atoms with van der Waals surface area (Å²) >= 11 is 0. The van der Waals surface area contributed by atoms with E-state index in [0.717, 1.165) is 6.54 Å². The molecule has 0 saturated carbocycles. The van der Waals surface area contributed by atoms with E-state index in [9.17, 15) is 9.18 Å². The molecule has 1 aromatic heterocycles. The van der Waals surface area contributed by atoms with Crippen molar-refractivity contribution in [2.75, 3.05) is 11.9 Å². The summed E-state index contributed by atoms with van der Waals surface area (Å²) in [4.78, 5) is 11.7. The molecule has 0 unspecified atom stereocenters. The van der Waals surface area contributed by atoms with Crippen molar-refractivity contribution in [3.05, 3.63) is 42.5 Å². The highest BCUT2D eigenvalue weighted by Gasteiger charge is 2.10. The number of ether oxygens (including phenoxy) is 1. The fraction of sp³-hybridized carbons (Fsp3) is 0.333. The molecule has 7 heteroatoms. The molecular weight excluding hydrogens is 287 g/mol. The van der Waals surface area contributed by atoms with Gasteiger partial charge >= 0.3 is 6.03 Å². The molecule has 1 heterocycles. The van der Waals surface area contributed by atoms with E-state index in [1.165, 1.54) is 6.07 Å². The van der Waals surface area contributed by atoms with Gasteiger partial charge in [-0.05, 0) is 26.0 Å². The van der Waals surface area contributed by atoms with E-state index < -0.39 is 5.82 Å². The third kappa shape index (κ3) is 4.47. The molecule has 0 aliphatic rings. The normalized spacial score (nSPS) is 11.8. The van der Waals surface area contributed by atoms with Crippen LogP contribution >= 0.6 is 0 Å². The molecule has 6 nitrogen and oxygen atoms in total. The Hall–Kier alpha value is -2.57. The maximum Gasteiger partial charge on any atom is 0.319 e. The number of hydrogen-bond acceptors (Lipinski definition) is 3. The van der Waals surface area contributed by atoms with Gasteiger partial charge in [-0.15, -0.1) is 0 Å². The molecule has 1 aromatic carbocycles. The van der Waals surface area contributed by atoms with Gasteiger partial charge in [0.1, 0.15) is 6.10 Å². The van der Waals surface area contributed by atoms with E-state index >= 15 is 0 Å². The summed E-state index contributed by atoms with van der Waals surface area (Å²) < 4.78 is 20.6. The second-order valence-electron chi connectivity index (χ2n) is 4.78. The lowest BCUT2D eigenvalue weighted by Crippen LogP contribution is -2.36. The summed E-state index contributed by atoms with van der Waals surface area (Å²) in [5.74, 6) is -0.257. The number of urea groups is 1. The highest BCUT2D eigenvalue weighted by atomic mass is 19.1. The summed E-state index contributed by atoms with van der Waals surface area (Å²) in [5, 5.41) is 9.38. The second kappa shape index (κ2) is 7.44. The van der Waals surface area contributed by atoms with Crippen LogP contribution in [0.15, 0.2) is 36.7 Å². The molecule has 2 N–H and O–H groups in total. The number of halogens is 1. The first-order valence-corrected chi connectivity index (χ1v) is 7.07. The zero-order valence-corrected chi connectivity index (χ0v) is 12.5. The third-order valence-electron chi connectivity index (χ3n) is 2.93. The fourth-order valence-electron chi connectivity index (χ4n) is 1.81. The van der Waals surface area contributed by atoms with E-state index in [2.05, 4.69) is 15.7 Å². The molecule has 2 rings (SSSR count).